The van der Waals surface area contributed by atoms with Crippen LogP contribution in [0.3, 0.4) is 0 Å². The zero-order chi connectivity index (χ0) is 18.8. The van der Waals surface area contributed by atoms with Crippen LogP contribution in [0, 0.1) is 0 Å². The van der Waals surface area contributed by atoms with Gasteiger partial charge >= 0.3 is 5.97 Å². The molecule has 0 aliphatic rings. The molecule has 7 heteroatoms. The highest BCUT2D eigenvalue weighted by molar-refractivity contribution is 9.10. The summed E-state index contributed by atoms with van der Waals surface area (Å²) < 4.78 is 7.79. The van der Waals surface area contributed by atoms with Crippen LogP contribution in [0.1, 0.15) is 54.2 Å². The van der Waals surface area contributed by atoms with Gasteiger partial charge in [0.05, 0.1) is 11.8 Å². The molecule has 2 rings (SSSR count). The van der Waals surface area contributed by atoms with Crippen LogP contribution in [-0.4, -0.2) is 27.0 Å². The summed E-state index contributed by atoms with van der Waals surface area (Å²) in [5.41, 5.74) is 1.37. The zero-order valence-electron chi connectivity index (χ0n) is 15.0. The summed E-state index contributed by atoms with van der Waals surface area (Å²) in [6.07, 6.45) is 2.21. The number of aromatic nitrogens is 2. The molecule has 0 spiro atoms. The number of benzene rings is 1. The van der Waals surface area contributed by atoms with Crippen molar-refractivity contribution in [2.75, 3.05) is 5.32 Å². The smallest absolute Gasteiger partial charge is 0.338 e. The summed E-state index contributed by atoms with van der Waals surface area (Å²) in [7, 11) is 1.75. The Bertz CT molecular complexity index is 806. The normalized spacial score (nSPS) is 11.3. The van der Waals surface area contributed by atoms with Gasteiger partial charge in [-0.1, -0.05) is 6.92 Å². The average Bonchev–Trinajstić information content (AvgIpc) is 2.85. The minimum Gasteiger partial charge on any atom is -0.456 e. The van der Waals surface area contributed by atoms with E-state index in [1.807, 2.05) is 27.7 Å². The lowest BCUT2D eigenvalue weighted by molar-refractivity contribution is 0.00684. The van der Waals surface area contributed by atoms with Crippen LogP contribution in [0.5, 0.6) is 0 Å². The van der Waals surface area contributed by atoms with Crippen LogP contribution in [0.2, 0.25) is 0 Å². The maximum Gasteiger partial charge on any atom is 0.338 e. The third kappa shape index (κ3) is 4.69. The molecule has 0 radical (unpaired) electrons. The molecule has 25 heavy (non-hydrogen) atoms. The van der Waals surface area contributed by atoms with Crippen molar-refractivity contribution in [3.8, 4) is 0 Å². The first kappa shape index (κ1) is 19.2. The molecule has 0 fully saturated rings. The molecular formula is C18H22BrN3O3. The molecular weight excluding hydrogens is 386 g/mol. The Morgan fingerprint density at radius 1 is 1.32 bits per heavy atom. The van der Waals surface area contributed by atoms with Crippen molar-refractivity contribution >= 4 is 33.5 Å². The van der Waals surface area contributed by atoms with E-state index in [9.17, 15) is 9.59 Å². The highest BCUT2D eigenvalue weighted by Gasteiger charge is 2.21. The third-order valence-electron chi connectivity index (χ3n) is 3.50. The number of carbonyl (C=O) groups excluding carboxylic acids is 2. The maximum atomic E-state index is 12.3. The lowest BCUT2D eigenvalue weighted by atomic mass is 10.0. The highest BCUT2D eigenvalue weighted by Crippen LogP contribution is 2.21. The molecule has 6 nitrogen and oxygen atoms in total. The monoisotopic (exact) mass is 407 g/mol. The Morgan fingerprint density at radius 3 is 2.52 bits per heavy atom. The average molecular weight is 408 g/mol. The zero-order valence-corrected chi connectivity index (χ0v) is 16.6. The SMILES string of the molecule is CCc1cc(NC(=O)c2ncc(Br)n2C)ccc1C(=O)OC(C)(C)C. The molecule has 0 aliphatic carbocycles. The lowest BCUT2D eigenvalue weighted by Gasteiger charge is -2.20. The van der Waals surface area contributed by atoms with Gasteiger partial charge in [-0.3, -0.25) is 4.79 Å². The number of imidazole rings is 1. The summed E-state index contributed by atoms with van der Waals surface area (Å²) in [4.78, 5) is 28.7. The fourth-order valence-corrected chi connectivity index (χ4v) is 2.55. The molecule has 1 heterocycles. The van der Waals surface area contributed by atoms with Crippen molar-refractivity contribution in [3.63, 3.8) is 0 Å². The Balaban J connectivity index is 2.22. The second kappa shape index (κ2) is 7.39. The predicted molar refractivity (Wildman–Crippen MR) is 99.8 cm³/mol. The summed E-state index contributed by atoms with van der Waals surface area (Å²) >= 11 is 3.31. The van der Waals surface area contributed by atoms with Crippen molar-refractivity contribution in [2.45, 2.75) is 39.7 Å². The standard InChI is InChI=1S/C18H22BrN3O3/c1-6-11-9-12(7-8-13(11)17(24)25-18(2,3)4)21-16(23)15-20-10-14(19)22(15)5/h7-10H,6H2,1-5H3,(H,21,23). The van der Waals surface area contributed by atoms with E-state index in [1.54, 1.807) is 36.0 Å². The molecule has 0 aliphatic heterocycles. The van der Waals surface area contributed by atoms with Gasteiger partial charge in [0.2, 0.25) is 0 Å². The molecule has 0 bridgehead atoms. The van der Waals surface area contributed by atoms with Crippen LogP contribution in [0.4, 0.5) is 5.69 Å². The van der Waals surface area contributed by atoms with Crippen molar-refractivity contribution < 1.29 is 14.3 Å². The van der Waals surface area contributed by atoms with Gasteiger partial charge in [0.25, 0.3) is 5.91 Å². The molecule has 1 N–H and O–H groups in total. The van der Waals surface area contributed by atoms with Crippen LogP contribution in [-0.2, 0) is 18.2 Å². The Kier molecular flexibility index (Phi) is 5.67. The van der Waals surface area contributed by atoms with Crippen LogP contribution in [0.15, 0.2) is 29.0 Å². The number of hydrogen-bond acceptors (Lipinski definition) is 4. The van der Waals surface area contributed by atoms with E-state index in [0.717, 1.165) is 5.56 Å². The maximum absolute atomic E-state index is 12.3. The summed E-state index contributed by atoms with van der Waals surface area (Å²) in [5, 5.41) is 2.81. The molecule has 1 aromatic carbocycles. The van der Waals surface area contributed by atoms with E-state index >= 15 is 0 Å². The Hall–Kier alpha value is -2.15. The number of hydrogen-bond donors (Lipinski definition) is 1. The number of amides is 1. The number of ether oxygens (including phenoxy) is 1. The van der Waals surface area contributed by atoms with Gasteiger partial charge in [-0.15, -0.1) is 0 Å². The number of halogens is 1. The third-order valence-corrected chi connectivity index (χ3v) is 4.23. The van der Waals surface area contributed by atoms with Crippen molar-refractivity contribution in [1.82, 2.24) is 9.55 Å². The van der Waals surface area contributed by atoms with Crippen LogP contribution in [0.25, 0.3) is 0 Å². The molecule has 0 saturated heterocycles. The second-order valence-electron chi connectivity index (χ2n) is 6.65. The van der Waals surface area contributed by atoms with Crippen molar-refractivity contribution in [1.29, 1.82) is 0 Å². The molecule has 2 aromatic rings. The first-order chi connectivity index (χ1) is 11.6. The second-order valence-corrected chi connectivity index (χ2v) is 7.46. The molecule has 0 atom stereocenters. The van der Waals surface area contributed by atoms with E-state index in [-0.39, 0.29) is 11.9 Å². The molecule has 0 unspecified atom stereocenters. The van der Waals surface area contributed by atoms with E-state index in [0.29, 0.717) is 28.1 Å². The largest absolute Gasteiger partial charge is 0.456 e. The molecule has 1 aromatic heterocycles. The number of rotatable bonds is 4. The number of nitrogens with one attached hydrogen (secondary N) is 1. The number of aryl methyl sites for hydroxylation is 1. The van der Waals surface area contributed by atoms with Gasteiger partial charge in [0.15, 0.2) is 5.82 Å². The van der Waals surface area contributed by atoms with Gasteiger partial charge in [-0.2, -0.15) is 0 Å². The minimum atomic E-state index is -0.555. The molecule has 0 saturated carbocycles. The Morgan fingerprint density at radius 2 is 2.00 bits per heavy atom. The number of nitrogens with zero attached hydrogens (tertiary/aromatic N) is 2. The fraction of sp³-hybridized carbons (Fsp3) is 0.389. The van der Waals surface area contributed by atoms with Crippen LogP contribution >= 0.6 is 15.9 Å². The van der Waals surface area contributed by atoms with Crippen LogP contribution < -0.4 is 5.32 Å². The lowest BCUT2D eigenvalue weighted by Crippen LogP contribution is -2.24. The van der Waals surface area contributed by atoms with E-state index < -0.39 is 5.60 Å². The Labute approximate surface area is 155 Å². The predicted octanol–water partition coefficient (Wildman–Crippen LogP) is 3.95. The molecule has 1 amide bonds. The number of carbonyl (C=O) groups is 2. The van der Waals surface area contributed by atoms with Gasteiger partial charge in [-0.05, 0) is 66.9 Å². The van der Waals surface area contributed by atoms with Crippen molar-refractivity contribution in [3.05, 3.63) is 46.0 Å². The highest BCUT2D eigenvalue weighted by atomic mass is 79.9. The van der Waals surface area contributed by atoms with Gasteiger partial charge in [-0.25, -0.2) is 9.78 Å². The summed E-state index contributed by atoms with van der Waals surface area (Å²) in [5.74, 6) is -0.392. The number of anilines is 1. The first-order valence-electron chi connectivity index (χ1n) is 7.97. The minimum absolute atomic E-state index is 0.293. The van der Waals surface area contributed by atoms with E-state index in [4.69, 9.17) is 4.74 Å². The van der Waals surface area contributed by atoms with Gasteiger partial charge in [0, 0.05) is 12.7 Å². The summed E-state index contributed by atoms with van der Waals surface area (Å²) in [6, 6.07) is 5.15. The van der Waals surface area contributed by atoms with E-state index in [2.05, 4.69) is 26.2 Å². The fourth-order valence-electron chi connectivity index (χ4n) is 2.28. The van der Waals surface area contributed by atoms with E-state index in [1.165, 1.54) is 0 Å². The quantitative estimate of drug-likeness (QED) is 0.778. The topological polar surface area (TPSA) is 73.2 Å². The van der Waals surface area contributed by atoms with Crippen molar-refractivity contribution in [2.24, 2.45) is 7.05 Å². The number of esters is 1. The van der Waals surface area contributed by atoms with Gasteiger partial charge < -0.3 is 14.6 Å². The van der Waals surface area contributed by atoms with Gasteiger partial charge in [0.1, 0.15) is 10.2 Å². The molecule has 134 valence electrons. The first-order valence-corrected chi connectivity index (χ1v) is 8.76. The summed E-state index contributed by atoms with van der Waals surface area (Å²) in [6.45, 7) is 7.44.